The van der Waals surface area contributed by atoms with Crippen molar-refractivity contribution in [3.8, 4) is 5.88 Å². The molecule has 0 fully saturated rings. The summed E-state index contributed by atoms with van der Waals surface area (Å²) in [6.07, 6.45) is 3.01. The van der Waals surface area contributed by atoms with E-state index in [0.717, 1.165) is 0 Å². The molecule has 0 aliphatic heterocycles. The van der Waals surface area contributed by atoms with Crippen LogP contribution >= 0.6 is 27.5 Å². The molecule has 1 amide bonds. The minimum absolute atomic E-state index is 0.0642. The summed E-state index contributed by atoms with van der Waals surface area (Å²) < 4.78 is 5.63. The van der Waals surface area contributed by atoms with Crippen LogP contribution in [0.25, 0.3) is 0 Å². The van der Waals surface area contributed by atoms with E-state index in [4.69, 9.17) is 16.3 Å². The van der Waals surface area contributed by atoms with Crippen LogP contribution < -0.4 is 10.1 Å². The molecule has 8 heteroatoms. The molecule has 0 aliphatic rings. The van der Waals surface area contributed by atoms with Gasteiger partial charge in [-0.3, -0.25) is 15.1 Å². The third-order valence-electron chi connectivity index (χ3n) is 2.07. The number of nitrogens with one attached hydrogen (secondary N) is 1. The van der Waals surface area contributed by atoms with Crippen molar-refractivity contribution in [2.75, 3.05) is 12.4 Å². The fourth-order valence-corrected chi connectivity index (χ4v) is 1.81. The van der Waals surface area contributed by atoms with Gasteiger partial charge in [0.05, 0.1) is 12.7 Å². The Morgan fingerprint density at radius 2 is 2.16 bits per heavy atom. The predicted octanol–water partition coefficient (Wildman–Crippen LogP) is 2.55. The highest BCUT2D eigenvalue weighted by Gasteiger charge is 2.10. The van der Waals surface area contributed by atoms with E-state index in [-0.39, 0.29) is 17.0 Å². The fraction of sp³-hybridized carbons (Fsp3) is 0.0909. The van der Waals surface area contributed by atoms with Crippen molar-refractivity contribution >= 4 is 39.4 Å². The van der Waals surface area contributed by atoms with Gasteiger partial charge >= 0.3 is 0 Å². The van der Waals surface area contributed by atoms with E-state index in [1.807, 2.05) is 0 Å². The summed E-state index contributed by atoms with van der Waals surface area (Å²) in [4.78, 5) is 23.7. The highest BCUT2D eigenvalue weighted by atomic mass is 79.9. The third-order valence-corrected chi connectivity index (χ3v) is 2.70. The lowest BCUT2D eigenvalue weighted by Gasteiger charge is -2.05. The Morgan fingerprint density at radius 1 is 1.37 bits per heavy atom. The van der Waals surface area contributed by atoms with Crippen LogP contribution in [-0.2, 0) is 0 Å². The van der Waals surface area contributed by atoms with E-state index >= 15 is 0 Å². The smallest absolute Gasteiger partial charge is 0.259 e. The number of carbonyl (C=O) groups is 1. The van der Waals surface area contributed by atoms with Gasteiger partial charge in [0.2, 0.25) is 11.8 Å². The second-order valence-electron chi connectivity index (χ2n) is 3.40. The van der Waals surface area contributed by atoms with Gasteiger partial charge in [-0.05, 0) is 22.0 Å². The van der Waals surface area contributed by atoms with E-state index < -0.39 is 5.91 Å². The molecule has 19 heavy (non-hydrogen) atoms. The quantitative estimate of drug-likeness (QED) is 0.867. The monoisotopic (exact) mass is 342 g/mol. The molecule has 2 aromatic heterocycles. The van der Waals surface area contributed by atoms with Crippen molar-refractivity contribution in [3.63, 3.8) is 0 Å². The second kappa shape index (κ2) is 5.94. The van der Waals surface area contributed by atoms with Crippen LogP contribution in [0.1, 0.15) is 10.4 Å². The molecule has 0 atom stereocenters. The molecule has 0 aromatic carbocycles. The van der Waals surface area contributed by atoms with E-state index in [1.54, 1.807) is 12.3 Å². The Bertz CT molecular complexity index is 623. The van der Waals surface area contributed by atoms with Crippen molar-refractivity contribution in [2.24, 2.45) is 0 Å². The fourth-order valence-electron chi connectivity index (χ4n) is 1.27. The van der Waals surface area contributed by atoms with Gasteiger partial charge in [0.25, 0.3) is 5.91 Å². The first-order valence-electron chi connectivity index (χ1n) is 5.09. The lowest BCUT2D eigenvalue weighted by molar-refractivity contribution is 0.102. The number of halogens is 2. The summed E-state index contributed by atoms with van der Waals surface area (Å²) >= 11 is 9.02. The summed E-state index contributed by atoms with van der Waals surface area (Å²) in [7, 11) is 1.45. The van der Waals surface area contributed by atoms with Crippen LogP contribution in [0.5, 0.6) is 5.88 Å². The average Bonchev–Trinajstić information content (AvgIpc) is 2.38. The zero-order valence-electron chi connectivity index (χ0n) is 9.72. The largest absolute Gasteiger partial charge is 0.481 e. The molecule has 0 saturated heterocycles. The Kier molecular flexibility index (Phi) is 4.28. The number of hydrogen-bond acceptors (Lipinski definition) is 5. The van der Waals surface area contributed by atoms with Crippen LogP contribution in [0.3, 0.4) is 0 Å². The number of pyridine rings is 1. The summed E-state index contributed by atoms with van der Waals surface area (Å²) in [6, 6.07) is 3.07. The van der Waals surface area contributed by atoms with Gasteiger partial charge in [-0.2, -0.15) is 4.98 Å². The second-order valence-corrected chi connectivity index (χ2v) is 4.71. The van der Waals surface area contributed by atoms with Crippen LogP contribution in [0.15, 0.2) is 29.0 Å². The van der Waals surface area contributed by atoms with Crippen molar-refractivity contribution in [1.82, 2.24) is 15.0 Å². The lowest BCUT2D eigenvalue weighted by Crippen LogP contribution is -2.14. The van der Waals surface area contributed by atoms with Crippen molar-refractivity contribution < 1.29 is 9.53 Å². The number of nitrogens with zero attached hydrogens (tertiary/aromatic N) is 3. The van der Waals surface area contributed by atoms with Crippen molar-refractivity contribution in [1.29, 1.82) is 0 Å². The van der Waals surface area contributed by atoms with Gasteiger partial charge in [0, 0.05) is 22.9 Å². The molecule has 0 aliphatic carbocycles. The molecular weight excluding hydrogens is 336 g/mol. The summed E-state index contributed by atoms with van der Waals surface area (Å²) in [5, 5.41) is 2.69. The van der Waals surface area contributed by atoms with Gasteiger partial charge in [-0.1, -0.05) is 11.6 Å². The Labute approximate surface area is 122 Å². The van der Waals surface area contributed by atoms with Gasteiger partial charge in [0.15, 0.2) is 0 Å². The highest BCUT2D eigenvalue weighted by Crippen LogP contribution is 2.16. The Hall–Kier alpha value is -1.73. The normalized spacial score (nSPS) is 10.1. The predicted molar refractivity (Wildman–Crippen MR) is 73.5 cm³/mol. The molecule has 0 radical (unpaired) electrons. The molecule has 6 nitrogen and oxygen atoms in total. The molecule has 0 bridgehead atoms. The number of anilines is 1. The minimum atomic E-state index is -0.391. The summed E-state index contributed by atoms with van der Waals surface area (Å²) in [5.41, 5.74) is 0.372. The maximum absolute atomic E-state index is 11.9. The SMILES string of the molecule is COc1cc(Cl)nc(NC(=O)c2cncc(Br)c2)n1. The zero-order chi connectivity index (χ0) is 13.8. The number of ether oxygens (including phenoxy) is 1. The lowest BCUT2D eigenvalue weighted by atomic mass is 10.3. The number of carbonyl (C=O) groups excluding carboxylic acids is 1. The zero-order valence-corrected chi connectivity index (χ0v) is 12.1. The first kappa shape index (κ1) is 13.7. The summed E-state index contributed by atoms with van der Waals surface area (Å²) in [6.45, 7) is 0. The summed E-state index contributed by atoms with van der Waals surface area (Å²) in [5.74, 6) is -0.0601. The number of aromatic nitrogens is 3. The first-order valence-corrected chi connectivity index (χ1v) is 6.26. The first-order chi connectivity index (χ1) is 9.08. The molecule has 0 saturated carbocycles. The molecule has 0 spiro atoms. The van der Waals surface area contributed by atoms with Crippen LogP contribution in [0.2, 0.25) is 5.15 Å². The van der Waals surface area contributed by atoms with E-state index in [0.29, 0.717) is 10.0 Å². The van der Waals surface area contributed by atoms with E-state index in [9.17, 15) is 4.79 Å². The van der Waals surface area contributed by atoms with E-state index in [1.165, 1.54) is 19.4 Å². The van der Waals surface area contributed by atoms with Crippen LogP contribution in [0, 0.1) is 0 Å². The molecule has 2 aromatic rings. The number of rotatable bonds is 3. The number of hydrogen-bond donors (Lipinski definition) is 1. The average molecular weight is 344 g/mol. The number of amides is 1. The Balaban J connectivity index is 2.21. The molecule has 2 rings (SSSR count). The van der Waals surface area contributed by atoms with E-state index in [2.05, 4.69) is 36.2 Å². The molecule has 0 unspecified atom stereocenters. The molecule has 98 valence electrons. The topological polar surface area (TPSA) is 77.0 Å². The number of methoxy groups -OCH3 is 1. The molecular formula is C11H8BrClN4O2. The van der Waals surface area contributed by atoms with Gasteiger partial charge in [-0.15, -0.1) is 0 Å². The van der Waals surface area contributed by atoms with Gasteiger partial charge in [0.1, 0.15) is 5.15 Å². The van der Waals surface area contributed by atoms with Gasteiger partial charge in [-0.25, -0.2) is 4.98 Å². The van der Waals surface area contributed by atoms with Crippen molar-refractivity contribution in [2.45, 2.75) is 0 Å². The van der Waals surface area contributed by atoms with Crippen molar-refractivity contribution in [3.05, 3.63) is 39.7 Å². The third kappa shape index (κ3) is 3.62. The van der Waals surface area contributed by atoms with Crippen LogP contribution in [-0.4, -0.2) is 28.0 Å². The van der Waals surface area contributed by atoms with Crippen LogP contribution in [0.4, 0.5) is 5.95 Å². The van der Waals surface area contributed by atoms with Gasteiger partial charge < -0.3 is 4.74 Å². The minimum Gasteiger partial charge on any atom is -0.481 e. The highest BCUT2D eigenvalue weighted by molar-refractivity contribution is 9.10. The maximum atomic E-state index is 11.9. The molecule has 2 heterocycles. The maximum Gasteiger partial charge on any atom is 0.259 e. The Morgan fingerprint density at radius 3 is 2.84 bits per heavy atom. The standard InChI is InChI=1S/C11H8BrClN4O2/c1-19-9-3-8(13)15-11(16-9)17-10(18)6-2-7(12)5-14-4-6/h2-5H,1H3,(H,15,16,17,18). The molecule has 1 N–H and O–H groups in total.